The van der Waals surface area contributed by atoms with Gasteiger partial charge in [-0.25, -0.2) is 0 Å². The molecule has 2 aromatic rings. The van der Waals surface area contributed by atoms with Crippen LogP contribution in [-0.4, -0.2) is 25.4 Å². The number of hydrogen-bond acceptors (Lipinski definition) is 4. The molecule has 1 N–H and O–H groups in total. The van der Waals surface area contributed by atoms with Crippen LogP contribution < -0.4 is 14.2 Å². The van der Waals surface area contributed by atoms with Crippen LogP contribution in [0.3, 0.4) is 0 Å². The van der Waals surface area contributed by atoms with E-state index in [4.69, 9.17) is 14.2 Å². The molecule has 2 aliphatic carbocycles. The van der Waals surface area contributed by atoms with Gasteiger partial charge in [-0.1, -0.05) is 27.7 Å². The second kappa shape index (κ2) is 5.37. The Morgan fingerprint density at radius 1 is 0.786 bits per heavy atom. The molecule has 1 atom stereocenters. The summed E-state index contributed by atoms with van der Waals surface area (Å²) in [6.45, 7) is 10.4. The number of rotatable bonds is 1. The van der Waals surface area contributed by atoms with Crippen LogP contribution in [0.4, 0.5) is 0 Å². The summed E-state index contributed by atoms with van der Waals surface area (Å²) in [7, 11) is 1.61. The second-order valence-electron chi connectivity index (χ2n) is 9.81. The molecule has 0 fully saturated rings. The molecule has 1 spiro atoms. The van der Waals surface area contributed by atoms with Crippen molar-refractivity contribution in [3.63, 3.8) is 0 Å². The van der Waals surface area contributed by atoms with E-state index in [1.165, 1.54) is 22.3 Å². The van der Waals surface area contributed by atoms with Crippen LogP contribution in [0.5, 0.6) is 23.0 Å². The largest absolute Gasteiger partial charge is 0.504 e. The van der Waals surface area contributed by atoms with Gasteiger partial charge in [0.25, 0.3) is 0 Å². The summed E-state index contributed by atoms with van der Waals surface area (Å²) in [4.78, 5) is 0. The van der Waals surface area contributed by atoms with Crippen LogP contribution in [0, 0.1) is 0 Å². The maximum absolute atomic E-state index is 10.6. The number of hydrogen-bond donors (Lipinski definition) is 1. The van der Waals surface area contributed by atoms with Crippen LogP contribution in [0.25, 0.3) is 0 Å². The minimum Gasteiger partial charge on any atom is -0.504 e. The molecule has 0 amide bonds. The monoisotopic (exact) mass is 380 g/mol. The standard InChI is InChI=1S/C24H28O4/c1-22(2)12-24(16-8-18(25)19(26-5)9-14(16)22)13-23(3,4)15-10-20-21(11-17(15)24)28-7-6-27-20/h8-11,25H,6-7,12-13H2,1-5H3. The summed E-state index contributed by atoms with van der Waals surface area (Å²) < 4.78 is 17.2. The summed E-state index contributed by atoms with van der Waals surface area (Å²) in [6, 6.07) is 8.35. The van der Waals surface area contributed by atoms with Crippen molar-refractivity contribution in [3.8, 4) is 23.0 Å². The highest BCUT2D eigenvalue weighted by Gasteiger charge is 2.57. The van der Waals surface area contributed by atoms with Crippen molar-refractivity contribution in [2.75, 3.05) is 20.3 Å². The smallest absolute Gasteiger partial charge is 0.161 e. The maximum Gasteiger partial charge on any atom is 0.161 e. The number of benzene rings is 2. The third-order valence-corrected chi connectivity index (χ3v) is 6.98. The highest BCUT2D eigenvalue weighted by atomic mass is 16.6. The van der Waals surface area contributed by atoms with Gasteiger partial charge < -0.3 is 19.3 Å². The molecule has 4 heteroatoms. The Balaban J connectivity index is 1.79. The van der Waals surface area contributed by atoms with Gasteiger partial charge in [-0.2, -0.15) is 0 Å². The Kier molecular flexibility index (Phi) is 3.40. The number of phenols is 1. The first-order valence-corrected chi connectivity index (χ1v) is 10.0. The van der Waals surface area contributed by atoms with E-state index in [2.05, 4.69) is 39.8 Å². The molecule has 0 radical (unpaired) electrons. The van der Waals surface area contributed by atoms with Crippen molar-refractivity contribution >= 4 is 0 Å². The Labute approximate surface area is 166 Å². The van der Waals surface area contributed by atoms with Crippen molar-refractivity contribution in [3.05, 3.63) is 46.5 Å². The fourth-order valence-corrected chi connectivity index (χ4v) is 6.02. The minimum atomic E-state index is -0.142. The molecule has 5 rings (SSSR count). The van der Waals surface area contributed by atoms with Gasteiger partial charge in [-0.15, -0.1) is 0 Å². The molecule has 148 valence electrons. The average Bonchev–Trinajstić information content (AvgIpc) is 2.99. The first kappa shape index (κ1) is 17.7. The van der Waals surface area contributed by atoms with Gasteiger partial charge in [0.2, 0.25) is 0 Å². The molecule has 0 aromatic heterocycles. The Morgan fingerprint density at radius 2 is 1.29 bits per heavy atom. The van der Waals surface area contributed by atoms with Gasteiger partial charge in [0.15, 0.2) is 23.0 Å². The lowest BCUT2D eigenvalue weighted by molar-refractivity contribution is 0.171. The summed E-state index contributed by atoms with van der Waals surface area (Å²) >= 11 is 0. The van der Waals surface area contributed by atoms with E-state index in [0.29, 0.717) is 19.0 Å². The molecular weight excluding hydrogens is 352 g/mol. The average molecular weight is 380 g/mol. The number of ether oxygens (including phenoxy) is 3. The highest BCUT2D eigenvalue weighted by Crippen LogP contribution is 2.64. The molecule has 3 aliphatic rings. The lowest BCUT2D eigenvalue weighted by atomic mass is 9.72. The van der Waals surface area contributed by atoms with Gasteiger partial charge in [0, 0.05) is 5.41 Å². The fourth-order valence-electron chi connectivity index (χ4n) is 6.02. The predicted molar refractivity (Wildman–Crippen MR) is 108 cm³/mol. The molecule has 0 bridgehead atoms. The zero-order valence-corrected chi connectivity index (χ0v) is 17.3. The van der Waals surface area contributed by atoms with E-state index in [0.717, 1.165) is 24.3 Å². The van der Waals surface area contributed by atoms with E-state index in [9.17, 15) is 5.11 Å². The quantitative estimate of drug-likeness (QED) is 0.770. The molecule has 4 nitrogen and oxygen atoms in total. The SMILES string of the molecule is COc1cc2c(cc1O)C1(CC2(C)C)CC(C)(C)c2cc3c(cc21)OCCO3. The zero-order chi connectivity index (χ0) is 19.9. The predicted octanol–water partition coefficient (Wildman–Crippen LogP) is 4.82. The van der Waals surface area contributed by atoms with Crippen LogP contribution in [-0.2, 0) is 16.2 Å². The molecule has 0 saturated heterocycles. The summed E-state index contributed by atoms with van der Waals surface area (Å²) in [5.41, 5.74) is 4.99. The third-order valence-electron chi connectivity index (χ3n) is 6.98. The fraction of sp³-hybridized carbons (Fsp3) is 0.500. The van der Waals surface area contributed by atoms with Crippen molar-refractivity contribution in [1.29, 1.82) is 0 Å². The van der Waals surface area contributed by atoms with Crippen LogP contribution in [0.1, 0.15) is 62.8 Å². The van der Waals surface area contributed by atoms with Crippen LogP contribution in [0.15, 0.2) is 24.3 Å². The summed E-state index contributed by atoms with van der Waals surface area (Å²) in [6.07, 6.45) is 2.00. The molecule has 1 heterocycles. The lowest BCUT2D eigenvalue weighted by Crippen LogP contribution is -2.27. The maximum atomic E-state index is 10.6. The van der Waals surface area contributed by atoms with E-state index in [-0.39, 0.29) is 22.0 Å². The van der Waals surface area contributed by atoms with Crippen molar-refractivity contribution in [2.45, 2.75) is 56.8 Å². The molecule has 28 heavy (non-hydrogen) atoms. The molecular formula is C24H28O4. The van der Waals surface area contributed by atoms with Crippen molar-refractivity contribution < 1.29 is 19.3 Å². The lowest BCUT2D eigenvalue weighted by Gasteiger charge is -2.31. The molecule has 2 aromatic carbocycles. The first-order chi connectivity index (χ1) is 13.2. The third kappa shape index (κ3) is 2.17. The Hall–Kier alpha value is -2.36. The number of phenolic OH excluding ortho intramolecular Hbond substituents is 1. The van der Waals surface area contributed by atoms with Gasteiger partial charge in [0.1, 0.15) is 13.2 Å². The van der Waals surface area contributed by atoms with Crippen LogP contribution in [0.2, 0.25) is 0 Å². The topological polar surface area (TPSA) is 47.9 Å². The first-order valence-electron chi connectivity index (χ1n) is 10.0. The Morgan fingerprint density at radius 3 is 1.86 bits per heavy atom. The Bertz CT molecular complexity index is 985. The highest BCUT2D eigenvalue weighted by molar-refractivity contribution is 5.65. The molecule has 1 aliphatic heterocycles. The summed E-state index contributed by atoms with van der Waals surface area (Å²) in [5.74, 6) is 2.45. The van der Waals surface area contributed by atoms with Gasteiger partial charge in [-0.05, 0) is 70.2 Å². The van der Waals surface area contributed by atoms with E-state index in [1.54, 1.807) is 7.11 Å². The van der Waals surface area contributed by atoms with Crippen LogP contribution >= 0.6 is 0 Å². The van der Waals surface area contributed by atoms with E-state index < -0.39 is 0 Å². The van der Waals surface area contributed by atoms with E-state index >= 15 is 0 Å². The number of methoxy groups -OCH3 is 1. The van der Waals surface area contributed by atoms with Gasteiger partial charge >= 0.3 is 0 Å². The van der Waals surface area contributed by atoms with Gasteiger partial charge in [-0.3, -0.25) is 0 Å². The minimum absolute atomic E-state index is 0.0123. The number of aromatic hydroxyl groups is 1. The van der Waals surface area contributed by atoms with Gasteiger partial charge in [0.05, 0.1) is 7.11 Å². The molecule has 1 unspecified atom stereocenters. The molecule has 0 saturated carbocycles. The normalized spacial score (nSPS) is 25.5. The van der Waals surface area contributed by atoms with E-state index in [1.807, 2.05) is 12.1 Å². The zero-order valence-electron chi connectivity index (χ0n) is 17.3. The summed E-state index contributed by atoms with van der Waals surface area (Å²) in [5, 5.41) is 10.6. The van der Waals surface area contributed by atoms with Crippen molar-refractivity contribution in [2.24, 2.45) is 0 Å². The van der Waals surface area contributed by atoms with Crippen molar-refractivity contribution in [1.82, 2.24) is 0 Å². The number of fused-ring (bicyclic) bond motifs is 5. The second-order valence-corrected chi connectivity index (χ2v) is 9.81.